The molecule has 8 heteroatoms. The second-order valence-electron chi connectivity index (χ2n) is 10.5. The highest BCUT2D eigenvalue weighted by Crippen LogP contribution is 2.31. The van der Waals surface area contributed by atoms with Gasteiger partial charge in [-0.15, -0.1) is 0 Å². The molecule has 1 saturated carbocycles. The van der Waals surface area contributed by atoms with Crippen LogP contribution in [-0.2, 0) is 9.47 Å². The molecule has 1 atom stereocenters. The van der Waals surface area contributed by atoms with Gasteiger partial charge >= 0.3 is 0 Å². The molecular formula is C27H40FN5O2. The van der Waals surface area contributed by atoms with Gasteiger partial charge in [-0.05, 0) is 69.1 Å². The Balaban J connectivity index is 1.36. The van der Waals surface area contributed by atoms with Crippen LogP contribution in [0.15, 0.2) is 30.6 Å². The summed E-state index contributed by atoms with van der Waals surface area (Å²) in [5.74, 6) is 0.331. The van der Waals surface area contributed by atoms with Gasteiger partial charge in [0.25, 0.3) is 0 Å². The summed E-state index contributed by atoms with van der Waals surface area (Å²) in [6.07, 6.45) is 9.39. The van der Waals surface area contributed by atoms with E-state index in [0.717, 1.165) is 70.6 Å². The van der Waals surface area contributed by atoms with Crippen molar-refractivity contribution in [1.29, 1.82) is 0 Å². The van der Waals surface area contributed by atoms with Crippen molar-refractivity contribution in [3.05, 3.63) is 36.4 Å². The molecule has 7 nitrogen and oxygen atoms in total. The van der Waals surface area contributed by atoms with E-state index in [0.29, 0.717) is 35.2 Å². The quantitative estimate of drug-likeness (QED) is 0.443. The number of aromatic nitrogens is 2. The van der Waals surface area contributed by atoms with Crippen LogP contribution >= 0.6 is 0 Å². The van der Waals surface area contributed by atoms with Crippen LogP contribution in [0.25, 0.3) is 11.3 Å². The number of hydrogen-bond acceptors (Lipinski definition) is 7. The Morgan fingerprint density at radius 2 is 1.89 bits per heavy atom. The van der Waals surface area contributed by atoms with E-state index in [4.69, 9.17) is 9.47 Å². The van der Waals surface area contributed by atoms with Crippen molar-refractivity contribution in [3.63, 3.8) is 0 Å². The molecule has 1 saturated heterocycles. The predicted octanol–water partition coefficient (Wildman–Crippen LogP) is 4.86. The molecule has 3 heterocycles. The molecule has 0 amide bonds. The van der Waals surface area contributed by atoms with Gasteiger partial charge in [-0.1, -0.05) is 6.92 Å². The highest BCUT2D eigenvalue weighted by molar-refractivity contribution is 5.67. The maximum Gasteiger partial charge on any atom is 0.151 e. The maximum absolute atomic E-state index is 14.8. The summed E-state index contributed by atoms with van der Waals surface area (Å²) in [5, 5.41) is 10.7. The number of anilines is 2. The van der Waals surface area contributed by atoms with Gasteiger partial charge < -0.3 is 25.4 Å². The van der Waals surface area contributed by atoms with Crippen molar-refractivity contribution in [2.75, 3.05) is 44.1 Å². The van der Waals surface area contributed by atoms with Gasteiger partial charge in [0.1, 0.15) is 5.82 Å². The summed E-state index contributed by atoms with van der Waals surface area (Å²) in [5.41, 5.74) is 2.22. The van der Waals surface area contributed by atoms with Crippen molar-refractivity contribution in [2.24, 2.45) is 5.41 Å². The molecule has 0 aromatic carbocycles. The van der Waals surface area contributed by atoms with Crippen molar-refractivity contribution >= 4 is 11.5 Å². The Labute approximate surface area is 208 Å². The molecule has 192 valence electrons. The number of pyridine rings is 2. The van der Waals surface area contributed by atoms with Crippen molar-refractivity contribution < 1.29 is 13.9 Å². The number of nitrogens with one attached hydrogen (secondary N) is 3. The van der Waals surface area contributed by atoms with Crippen LogP contribution in [0, 0.1) is 11.2 Å². The van der Waals surface area contributed by atoms with Crippen LogP contribution in [0.3, 0.4) is 0 Å². The monoisotopic (exact) mass is 485 g/mol. The van der Waals surface area contributed by atoms with Crippen LogP contribution < -0.4 is 16.0 Å². The average molecular weight is 486 g/mol. The van der Waals surface area contributed by atoms with Crippen molar-refractivity contribution in [2.45, 2.75) is 70.5 Å². The van der Waals surface area contributed by atoms with Gasteiger partial charge in [-0.2, -0.15) is 0 Å². The maximum atomic E-state index is 14.8. The number of methoxy groups -OCH3 is 1. The van der Waals surface area contributed by atoms with Gasteiger partial charge in [0, 0.05) is 62.4 Å². The summed E-state index contributed by atoms with van der Waals surface area (Å²) >= 11 is 0. The minimum absolute atomic E-state index is 0.205. The lowest BCUT2D eigenvalue weighted by Gasteiger charge is -2.34. The lowest BCUT2D eigenvalue weighted by molar-refractivity contribution is 0.0300. The van der Waals surface area contributed by atoms with E-state index in [1.165, 1.54) is 6.20 Å². The summed E-state index contributed by atoms with van der Waals surface area (Å²) in [6, 6.07) is 6.84. The molecule has 3 N–H and O–H groups in total. The lowest BCUT2D eigenvalue weighted by atomic mass is 9.82. The zero-order valence-corrected chi connectivity index (χ0v) is 21.3. The van der Waals surface area contributed by atoms with E-state index in [2.05, 4.69) is 39.8 Å². The van der Waals surface area contributed by atoms with Gasteiger partial charge in [0.15, 0.2) is 5.82 Å². The molecule has 1 aliphatic heterocycles. The van der Waals surface area contributed by atoms with Crippen LogP contribution in [0.2, 0.25) is 0 Å². The predicted molar refractivity (Wildman–Crippen MR) is 138 cm³/mol. The lowest BCUT2D eigenvalue weighted by Crippen LogP contribution is -2.42. The van der Waals surface area contributed by atoms with Crippen molar-refractivity contribution in [1.82, 2.24) is 15.3 Å². The Kier molecular flexibility index (Phi) is 8.92. The normalized spacial score (nSPS) is 23.0. The Hall–Kier alpha value is -2.29. The fourth-order valence-corrected chi connectivity index (χ4v) is 5.07. The Morgan fingerprint density at radius 3 is 2.63 bits per heavy atom. The highest BCUT2D eigenvalue weighted by atomic mass is 19.1. The first-order chi connectivity index (χ1) is 16.9. The summed E-state index contributed by atoms with van der Waals surface area (Å²) in [7, 11) is 1.73. The standard InChI is InChI=1S/C27H40FN5O2/c1-19(17-34-3)32-20-4-6-21(7-5-20)33-26-15-23(24(28)16-30-26)25-14-22(8-11-29-25)31-18-27(2)9-12-35-13-10-27/h8,11,14-16,19-21,32H,4-7,9-10,12-13,17-18H2,1-3H3,(H,29,31)(H,30,33)/t19-,20?,21?/m1/s1. The van der Waals surface area contributed by atoms with E-state index in [9.17, 15) is 4.39 Å². The summed E-state index contributed by atoms with van der Waals surface area (Å²) < 4.78 is 25.5. The molecule has 2 aromatic rings. The molecule has 2 aliphatic rings. The van der Waals surface area contributed by atoms with E-state index >= 15 is 0 Å². The zero-order chi connectivity index (χ0) is 24.7. The number of hydrogen-bond donors (Lipinski definition) is 3. The zero-order valence-electron chi connectivity index (χ0n) is 21.3. The third-order valence-electron chi connectivity index (χ3n) is 7.33. The Morgan fingerprint density at radius 1 is 1.14 bits per heavy atom. The molecule has 4 rings (SSSR count). The van der Waals surface area contributed by atoms with E-state index in [1.807, 2.05) is 12.1 Å². The second kappa shape index (κ2) is 12.1. The third kappa shape index (κ3) is 7.35. The molecule has 0 unspecified atom stereocenters. The smallest absolute Gasteiger partial charge is 0.151 e. The number of ether oxygens (including phenoxy) is 2. The fourth-order valence-electron chi connectivity index (χ4n) is 5.07. The SMILES string of the molecule is COC[C@@H](C)NC1CCC(Nc2cc(-c3cc(NCC4(C)CCOCC4)ccn3)c(F)cn2)CC1. The molecule has 2 aromatic heterocycles. The topological polar surface area (TPSA) is 80.3 Å². The van der Waals surface area contributed by atoms with Gasteiger partial charge in [-0.25, -0.2) is 9.37 Å². The first kappa shape index (κ1) is 25.8. The van der Waals surface area contributed by atoms with Gasteiger partial charge in [0.2, 0.25) is 0 Å². The number of halogens is 1. The average Bonchev–Trinajstić information content (AvgIpc) is 2.86. The number of rotatable bonds is 10. The molecule has 35 heavy (non-hydrogen) atoms. The molecule has 0 spiro atoms. The molecular weight excluding hydrogens is 445 g/mol. The minimum atomic E-state index is -0.364. The molecule has 1 aliphatic carbocycles. The molecule has 2 fully saturated rings. The third-order valence-corrected chi connectivity index (χ3v) is 7.33. The fraction of sp³-hybridized carbons (Fsp3) is 0.630. The van der Waals surface area contributed by atoms with Gasteiger partial charge in [0.05, 0.1) is 18.5 Å². The highest BCUT2D eigenvalue weighted by Gasteiger charge is 2.27. The largest absolute Gasteiger partial charge is 0.384 e. The van der Waals surface area contributed by atoms with Crippen molar-refractivity contribution in [3.8, 4) is 11.3 Å². The van der Waals surface area contributed by atoms with Crippen LogP contribution in [0.4, 0.5) is 15.9 Å². The summed E-state index contributed by atoms with van der Waals surface area (Å²) in [4.78, 5) is 8.75. The summed E-state index contributed by atoms with van der Waals surface area (Å²) in [6.45, 7) is 7.63. The number of nitrogens with zero attached hydrogens (tertiary/aromatic N) is 2. The molecule has 0 bridgehead atoms. The van der Waals surface area contributed by atoms with Crippen LogP contribution in [0.1, 0.15) is 52.4 Å². The minimum Gasteiger partial charge on any atom is -0.384 e. The first-order valence-electron chi connectivity index (χ1n) is 12.9. The van der Waals surface area contributed by atoms with Crippen LogP contribution in [0.5, 0.6) is 0 Å². The van der Waals surface area contributed by atoms with Gasteiger partial charge in [-0.3, -0.25) is 4.98 Å². The Bertz CT molecular complexity index is 945. The van der Waals surface area contributed by atoms with E-state index in [1.54, 1.807) is 19.4 Å². The van der Waals surface area contributed by atoms with Crippen LogP contribution in [-0.4, -0.2) is 61.6 Å². The first-order valence-corrected chi connectivity index (χ1v) is 12.9. The van der Waals surface area contributed by atoms with E-state index in [-0.39, 0.29) is 11.2 Å². The second-order valence-corrected chi connectivity index (χ2v) is 10.5. The molecule has 0 radical (unpaired) electrons. The van der Waals surface area contributed by atoms with E-state index < -0.39 is 0 Å².